The molecule has 6 heteroatoms. The third-order valence-corrected chi connectivity index (χ3v) is 4.89. The Kier molecular flexibility index (Phi) is 4.41. The summed E-state index contributed by atoms with van der Waals surface area (Å²) in [7, 11) is 1.66. The lowest BCUT2D eigenvalue weighted by Crippen LogP contribution is -1.98. The molecule has 0 atom stereocenters. The highest BCUT2D eigenvalue weighted by molar-refractivity contribution is 7.14. The van der Waals surface area contributed by atoms with Crippen LogP contribution in [0.25, 0.3) is 16.9 Å². The van der Waals surface area contributed by atoms with Crippen LogP contribution >= 0.6 is 11.3 Å². The Labute approximate surface area is 155 Å². The van der Waals surface area contributed by atoms with E-state index in [9.17, 15) is 0 Å². The summed E-state index contributed by atoms with van der Waals surface area (Å²) in [6.45, 7) is 2.06. The zero-order valence-corrected chi connectivity index (χ0v) is 15.3. The molecule has 0 amide bonds. The van der Waals surface area contributed by atoms with Crippen molar-refractivity contribution in [1.29, 1.82) is 0 Å². The van der Waals surface area contributed by atoms with Gasteiger partial charge in [0, 0.05) is 16.6 Å². The average Bonchev–Trinajstić information content (AvgIpc) is 3.29. The molecule has 4 rings (SSSR count). The second-order valence-corrected chi connectivity index (χ2v) is 6.64. The molecule has 2 aromatic carbocycles. The molecule has 4 aromatic rings. The van der Waals surface area contributed by atoms with E-state index < -0.39 is 0 Å². The van der Waals surface area contributed by atoms with Crippen molar-refractivity contribution < 1.29 is 4.74 Å². The SMILES string of the molecule is COc1ccc(Nc2nc(-c3cnn(-c4ccccc4)c3C)cs2)cc1. The van der Waals surface area contributed by atoms with Crippen LogP contribution in [0.2, 0.25) is 0 Å². The summed E-state index contributed by atoms with van der Waals surface area (Å²) in [5, 5.41) is 10.7. The number of ether oxygens (including phenoxy) is 1. The van der Waals surface area contributed by atoms with E-state index in [0.29, 0.717) is 0 Å². The van der Waals surface area contributed by atoms with Gasteiger partial charge in [0.15, 0.2) is 5.13 Å². The van der Waals surface area contributed by atoms with Crippen LogP contribution in [0.3, 0.4) is 0 Å². The minimum atomic E-state index is 0.833. The molecule has 2 heterocycles. The van der Waals surface area contributed by atoms with Crippen LogP contribution in [0.4, 0.5) is 10.8 Å². The van der Waals surface area contributed by atoms with E-state index in [2.05, 4.69) is 17.3 Å². The van der Waals surface area contributed by atoms with Crippen molar-refractivity contribution in [3.63, 3.8) is 0 Å². The summed E-state index contributed by atoms with van der Waals surface area (Å²) in [5.74, 6) is 0.833. The maximum Gasteiger partial charge on any atom is 0.187 e. The Morgan fingerprint density at radius 3 is 2.54 bits per heavy atom. The van der Waals surface area contributed by atoms with Gasteiger partial charge in [0.1, 0.15) is 5.75 Å². The first-order valence-corrected chi connectivity index (χ1v) is 9.09. The molecule has 0 unspecified atom stereocenters. The minimum absolute atomic E-state index is 0.833. The fraction of sp³-hybridized carbons (Fsp3) is 0.100. The van der Waals surface area contributed by atoms with Gasteiger partial charge in [-0.15, -0.1) is 11.3 Å². The highest BCUT2D eigenvalue weighted by Gasteiger charge is 2.13. The summed E-state index contributed by atoms with van der Waals surface area (Å²) in [5.41, 5.74) is 5.04. The van der Waals surface area contributed by atoms with Crippen LogP contribution in [0.5, 0.6) is 5.75 Å². The lowest BCUT2D eigenvalue weighted by Gasteiger charge is -2.05. The molecule has 0 bridgehead atoms. The molecule has 2 aromatic heterocycles. The second-order valence-electron chi connectivity index (χ2n) is 5.78. The van der Waals surface area contributed by atoms with Gasteiger partial charge in [-0.25, -0.2) is 9.67 Å². The molecular weight excluding hydrogens is 344 g/mol. The molecule has 26 heavy (non-hydrogen) atoms. The molecular formula is C20H18N4OS. The summed E-state index contributed by atoms with van der Waals surface area (Å²) in [4.78, 5) is 4.71. The quantitative estimate of drug-likeness (QED) is 0.539. The predicted molar refractivity (Wildman–Crippen MR) is 106 cm³/mol. The summed E-state index contributed by atoms with van der Waals surface area (Å²) in [6.07, 6.45) is 1.87. The third kappa shape index (κ3) is 3.19. The Balaban J connectivity index is 1.57. The summed E-state index contributed by atoms with van der Waals surface area (Å²) >= 11 is 1.57. The highest BCUT2D eigenvalue weighted by Crippen LogP contribution is 2.30. The van der Waals surface area contributed by atoms with Gasteiger partial charge in [-0.1, -0.05) is 18.2 Å². The van der Waals surface area contributed by atoms with E-state index >= 15 is 0 Å². The number of methoxy groups -OCH3 is 1. The maximum atomic E-state index is 5.18. The first kappa shape index (κ1) is 16.4. The molecule has 130 valence electrons. The zero-order chi connectivity index (χ0) is 17.9. The fourth-order valence-electron chi connectivity index (χ4n) is 2.74. The van der Waals surface area contributed by atoms with Crippen LogP contribution in [0, 0.1) is 6.92 Å². The van der Waals surface area contributed by atoms with Gasteiger partial charge in [0.2, 0.25) is 0 Å². The summed E-state index contributed by atoms with van der Waals surface area (Å²) in [6, 6.07) is 17.9. The lowest BCUT2D eigenvalue weighted by atomic mass is 10.2. The van der Waals surface area contributed by atoms with Crippen LogP contribution < -0.4 is 10.1 Å². The molecule has 0 aliphatic carbocycles. The number of nitrogens with zero attached hydrogens (tertiary/aromatic N) is 3. The number of hydrogen-bond donors (Lipinski definition) is 1. The van der Waals surface area contributed by atoms with Crippen LogP contribution in [0.15, 0.2) is 66.2 Å². The van der Waals surface area contributed by atoms with Crippen LogP contribution in [-0.4, -0.2) is 21.9 Å². The van der Waals surface area contributed by atoms with Crippen LogP contribution in [-0.2, 0) is 0 Å². The topological polar surface area (TPSA) is 52.0 Å². The lowest BCUT2D eigenvalue weighted by molar-refractivity contribution is 0.415. The predicted octanol–water partition coefficient (Wildman–Crippen LogP) is 5.06. The first-order chi connectivity index (χ1) is 12.7. The molecule has 0 saturated carbocycles. The van der Waals surface area contributed by atoms with E-state index in [-0.39, 0.29) is 0 Å². The number of para-hydroxylation sites is 1. The fourth-order valence-corrected chi connectivity index (χ4v) is 3.47. The largest absolute Gasteiger partial charge is 0.497 e. The van der Waals surface area contributed by atoms with E-state index in [4.69, 9.17) is 9.72 Å². The molecule has 5 nitrogen and oxygen atoms in total. The van der Waals surface area contributed by atoms with Crippen molar-refractivity contribution in [3.05, 3.63) is 71.9 Å². The van der Waals surface area contributed by atoms with Gasteiger partial charge >= 0.3 is 0 Å². The van der Waals surface area contributed by atoms with Gasteiger partial charge in [0.25, 0.3) is 0 Å². The Hall–Kier alpha value is -3.12. The second kappa shape index (κ2) is 7.01. The van der Waals surface area contributed by atoms with Crippen LogP contribution in [0.1, 0.15) is 5.69 Å². The number of aromatic nitrogens is 3. The van der Waals surface area contributed by atoms with Gasteiger partial charge in [-0.2, -0.15) is 5.10 Å². The average molecular weight is 362 g/mol. The molecule has 1 N–H and O–H groups in total. The number of benzene rings is 2. The smallest absolute Gasteiger partial charge is 0.187 e. The van der Waals surface area contributed by atoms with Crippen molar-refractivity contribution in [1.82, 2.24) is 14.8 Å². The molecule has 0 saturated heterocycles. The molecule has 0 radical (unpaired) electrons. The number of rotatable bonds is 5. The highest BCUT2D eigenvalue weighted by atomic mass is 32.1. The molecule has 0 aliphatic rings. The minimum Gasteiger partial charge on any atom is -0.497 e. The molecule has 0 fully saturated rings. The maximum absolute atomic E-state index is 5.18. The normalized spacial score (nSPS) is 10.7. The van der Waals surface area contributed by atoms with Gasteiger partial charge in [-0.3, -0.25) is 0 Å². The van der Waals surface area contributed by atoms with Crippen molar-refractivity contribution >= 4 is 22.2 Å². The van der Waals surface area contributed by atoms with E-state index in [1.54, 1.807) is 18.4 Å². The van der Waals surface area contributed by atoms with Crippen molar-refractivity contribution in [2.45, 2.75) is 6.92 Å². The Bertz CT molecular complexity index is 1010. The number of nitrogens with one attached hydrogen (secondary N) is 1. The Morgan fingerprint density at radius 2 is 1.81 bits per heavy atom. The number of thiazole rings is 1. The third-order valence-electron chi connectivity index (χ3n) is 4.13. The van der Waals surface area contributed by atoms with E-state index in [1.807, 2.05) is 70.9 Å². The van der Waals surface area contributed by atoms with E-state index in [1.165, 1.54) is 0 Å². The Morgan fingerprint density at radius 1 is 1.04 bits per heavy atom. The van der Waals surface area contributed by atoms with Crippen molar-refractivity contribution in [3.8, 4) is 22.7 Å². The molecule has 0 aliphatic heterocycles. The zero-order valence-electron chi connectivity index (χ0n) is 14.5. The first-order valence-electron chi connectivity index (χ1n) is 8.21. The van der Waals surface area contributed by atoms with Crippen molar-refractivity contribution in [2.75, 3.05) is 12.4 Å². The van der Waals surface area contributed by atoms with Gasteiger partial charge in [0.05, 0.1) is 30.4 Å². The van der Waals surface area contributed by atoms with E-state index in [0.717, 1.165) is 39.2 Å². The standard InChI is InChI=1S/C20H18N4OS/c1-14-18(12-21-24(14)16-6-4-3-5-7-16)19-13-26-20(23-19)22-15-8-10-17(25-2)11-9-15/h3-13H,1-2H3,(H,22,23). The molecule has 0 spiro atoms. The number of hydrogen-bond acceptors (Lipinski definition) is 5. The monoisotopic (exact) mass is 362 g/mol. The number of anilines is 2. The van der Waals surface area contributed by atoms with Gasteiger partial charge < -0.3 is 10.1 Å². The van der Waals surface area contributed by atoms with Gasteiger partial charge in [-0.05, 0) is 43.3 Å². The van der Waals surface area contributed by atoms with Crippen molar-refractivity contribution in [2.24, 2.45) is 0 Å². The summed E-state index contributed by atoms with van der Waals surface area (Å²) < 4.78 is 7.12.